The summed E-state index contributed by atoms with van der Waals surface area (Å²) < 4.78 is 11.5. The average Bonchev–Trinajstić information content (AvgIpc) is 3.21. The average molecular weight is 423 g/mol. The van der Waals surface area contributed by atoms with Gasteiger partial charge in [-0.1, -0.05) is 30.3 Å². The van der Waals surface area contributed by atoms with E-state index in [1.54, 1.807) is 0 Å². The first kappa shape index (κ1) is 22.2. The van der Waals surface area contributed by atoms with E-state index < -0.39 is 0 Å². The van der Waals surface area contributed by atoms with Gasteiger partial charge in [-0.05, 0) is 50.6 Å². The highest BCUT2D eigenvalue weighted by molar-refractivity contribution is 5.81. The number of hydrogen-bond acceptors (Lipinski definition) is 4. The van der Waals surface area contributed by atoms with Gasteiger partial charge in [0, 0.05) is 18.5 Å². The number of para-hydroxylation sites is 1. The summed E-state index contributed by atoms with van der Waals surface area (Å²) in [6.07, 6.45) is 0. The zero-order valence-electron chi connectivity index (χ0n) is 18.3. The van der Waals surface area contributed by atoms with Crippen molar-refractivity contribution in [1.82, 2.24) is 16.0 Å². The fraction of sp³-hybridized carbons (Fsp3) is 0.333. The van der Waals surface area contributed by atoms with E-state index in [0.29, 0.717) is 24.8 Å². The first-order chi connectivity index (χ1) is 15.1. The van der Waals surface area contributed by atoms with Crippen molar-refractivity contribution < 1.29 is 13.9 Å². The summed E-state index contributed by atoms with van der Waals surface area (Å²) in [4.78, 5) is 16.3. The SMILES string of the molecule is CCNC(=O)COc1cccc(CN=C(NCC)NC(C)c2cc3ccccc3o2)c1. The number of hydrogen-bond donors (Lipinski definition) is 3. The molecule has 0 saturated heterocycles. The van der Waals surface area contributed by atoms with Gasteiger partial charge in [0.1, 0.15) is 17.1 Å². The Morgan fingerprint density at radius 3 is 2.65 bits per heavy atom. The molecule has 3 N–H and O–H groups in total. The van der Waals surface area contributed by atoms with Gasteiger partial charge in [0.25, 0.3) is 5.91 Å². The molecule has 0 aliphatic heterocycles. The van der Waals surface area contributed by atoms with Crippen molar-refractivity contribution in [2.75, 3.05) is 19.7 Å². The fourth-order valence-corrected chi connectivity index (χ4v) is 3.11. The van der Waals surface area contributed by atoms with E-state index in [4.69, 9.17) is 9.15 Å². The van der Waals surface area contributed by atoms with Crippen LogP contribution in [-0.4, -0.2) is 31.6 Å². The Kier molecular flexibility index (Phi) is 7.92. The molecule has 0 spiro atoms. The van der Waals surface area contributed by atoms with Crippen molar-refractivity contribution >= 4 is 22.8 Å². The van der Waals surface area contributed by atoms with E-state index in [1.807, 2.05) is 75.4 Å². The summed E-state index contributed by atoms with van der Waals surface area (Å²) in [6, 6.07) is 17.6. The minimum Gasteiger partial charge on any atom is -0.484 e. The van der Waals surface area contributed by atoms with E-state index in [1.165, 1.54) is 0 Å². The second-order valence-electron chi connectivity index (χ2n) is 7.14. The van der Waals surface area contributed by atoms with Gasteiger partial charge in [0.2, 0.25) is 0 Å². The number of furan rings is 1. The molecule has 0 saturated carbocycles. The number of rotatable bonds is 9. The third-order valence-electron chi connectivity index (χ3n) is 4.63. The molecule has 3 aromatic rings. The normalized spacial score (nSPS) is 12.4. The summed E-state index contributed by atoms with van der Waals surface area (Å²) in [5.74, 6) is 2.06. The van der Waals surface area contributed by atoms with Crippen molar-refractivity contribution in [3.05, 3.63) is 65.9 Å². The lowest BCUT2D eigenvalue weighted by atomic mass is 10.2. The molecular formula is C24H30N4O3. The molecule has 164 valence electrons. The van der Waals surface area contributed by atoms with Crippen molar-refractivity contribution in [1.29, 1.82) is 0 Å². The second-order valence-corrected chi connectivity index (χ2v) is 7.14. The number of carbonyl (C=O) groups is 1. The molecule has 7 nitrogen and oxygen atoms in total. The number of fused-ring (bicyclic) bond motifs is 1. The van der Waals surface area contributed by atoms with E-state index in [9.17, 15) is 4.79 Å². The molecule has 1 amide bonds. The number of amides is 1. The Morgan fingerprint density at radius 1 is 1.06 bits per heavy atom. The summed E-state index contributed by atoms with van der Waals surface area (Å²) in [6.45, 7) is 7.75. The van der Waals surface area contributed by atoms with Crippen LogP contribution in [0.4, 0.5) is 0 Å². The molecule has 1 heterocycles. The molecular weight excluding hydrogens is 392 g/mol. The van der Waals surface area contributed by atoms with Crippen LogP contribution in [0, 0.1) is 0 Å². The van der Waals surface area contributed by atoms with Crippen LogP contribution < -0.4 is 20.7 Å². The lowest BCUT2D eigenvalue weighted by molar-refractivity contribution is -0.122. The molecule has 0 aliphatic rings. The van der Waals surface area contributed by atoms with E-state index in [0.717, 1.165) is 28.8 Å². The van der Waals surface area contributed by atoms with Crippen LogP contribution in [0.3, 0.4) is 0 Å². The fourth-order valence-electron chi connectivity index (χ4n) is 3.11. The molecule has 31 heavy (non-hydrogen) atoms. The summed E-state index contributed by atoms with van der Waals surface area (Å²) >= 11 is 0. The zero-order valence-corrected chi connectivity index (χ0v) is 18.3. The first-order valence-electron chi connectivity index (χ1n) is 10.6. The van der Waals surface area contributed by atoms with Gasteiger partial charge in [-0.15, -0.1) is 0 Å². The minimum absolute atomic E-state index is 0.000226. The summed E-state index contributed by atoms with van der Waals surface area (Å²) in [7, 11) is 0. The van der Waals surface area contributed by atoms with Crippen molar-refractivity contribution in [3.63, 3.8) is 0 Å². The predicted octanol–water partition coefficient (Wildman–Crippen LogP) is 3.76. The lowest BCUT2D eigenvalue weighted by Gasteiger charge is -2.16. The highest BCUT2D eigenvalue weighted by Gasteiger charge is 2.13. The number of likely N-dealkylation sites (N-methyl/N-ethyl adjacent to an activating group) is 1. The largest absolute Gasteiger partial charge is 0.484 e. The topological polar surface area (TPSA) is 87.9 Å². The van der Waals surface area contributed by atoms with Gasteiger partial charge < -0.3 is 25.1 Å². The van der Waals surface area contributed by atoms with Crippen molar-refractivity contribution in [2.24, 2.45) is 4.99 Å². The molecule has 0 aliphatic carbocycles. The van der Waals surface area contributed by atoms with Gasteiger partial charge >= 0.3 is 0 Å². The first-order valence-corrected chi connectivity index (χ1v) is 10.6. The zero-order chi connectivity index (χ0) is 22.1. The Hall–Kier alpha value is -3.48. The van der Waals surface area contributed by atoms with Crippen LogP contribution in [-0.2, 0) is 11.3 Å². The smallest absolute Gasteiger partial charge is 0.257 e. The van der Waals surface area contributed by atoms with Gasteiger partial charge in [0.05, 0.1) is 12.6 Å². The van der Waals surface area contributed by atoms with Crippen LogP contribution in [0.25, 0.3) is 11.0 Å². The molecule has 3 rings (SSSR count). The third-order valence-corrected chi connectivity index (χ3v) is 4.63. The molecule has 7 heteroatoms. The van der Waals surface area contributed by atoms with Gasteiger partial charge in [-0.3, -0.25) is 4.79 Å². The number of guanidine groups is 1. The van der Waals surface area contributed by atoms with Gasteiger partial charge in [-0.2, -0.15) is 0 Å². The van der Waals surface area contributed by atoms with E-state index in [-0.39, 0.29) is 18.6 Å². The summed E-state index contributed by atoms with van der Waals surface area (Å²) in [5.41, 5.74) is 1.86. The van der Waals surface area contributed by atoms with Gasteiger partial charge in [-0.25, -0.2) is 4.99 Å². The minimum atomic E-state index is -0.135. The molecule has 1 unspecified atom stereocenters. The van der Waals surface area contributed by atoms with Crippen LogP contribution >= 0.6 is 0 Å². The van der Waals surface area contributed by atoms with Crippen LogP contribution in [0.5, 0.6) is 5.75 Å². The Balaban J connectivity index is 1.63. The van der Waals surface area contributed by atoms with Crippen molar-refractivity contribution in [3.8, 4) is 5.75 Å². The van der Waals surface area contributed by atoms with Crippen molar-refractivity contribution in [2.45, 2.75) is 33.4 Å². The lowest BCUT2D eigenvalue weighted by Crippen LogP contribution is -2.38. The Bertz CT molecular complexity index is 995. The molecule has 1 atom stereocenters. The van der Waals surface area contributed by atoms with Gasteiger partial charge in [0.15, 0.2) is 12.6 Å². The highest BCUT2D eigenvalue weighted by Crippen LogP contribution is 2.23. The standard InChI is InChI=1S/C24H30N4O3/c1-4-25-23(29)16-30-20-11-8-9-18(13-20)15-27-24(26-5-2)28-17(3)22-14-19-10-6-7-12-21(19)31-22/h6-14,17H,4-5,15-16H2,1-3H3,(H,25,29)(H2,26,27,28). The monoisotopic (exact) mass is 422 g/mol. The molecule has 1 aromatic heterocycles. The second kappa shape index (κ2) is 11.1. The summed E-state index contributed by atoms with van der Waals surface area (Å²) in [5, 5.41) is 10.5. The molecule has 2 aromatic carbocycles. The van der Waals surface area contributed by atoms with Crippen LogP contribution in [0.1, 0.15) is 38.1 Å². The third kappa shape index (κ3) is 6.50. The van der Waals surface area contributed by atoms with Crippen LogP contribution in [0.2, 0.25) is 0 Å². The number of nitrogens with zero attached hydrogens (tertiary/aromatic N) is 1. The van der Waals surface area contributed by atoms with Crippen LogP contribution in [0.15, 0.2) is 64.0 Å². The quantitative estimate of drug-likeness (QED) is 0.361. The number of ether oxygens (including phenoxy) is 1. The number of benzene rings is 2. The predicted molar refractivity (Wildman–Crippen MR) is 123 cm³/mol. The maximum atomic E-state index is 11.6. The number of carbonyl (C=O) groups excluding carboxylic acids is 1. The Morgan fingerprint density at radius 2 is 1.87 bits per heavy atom. The maximum absolute atomic E-state index is 11.6. The molecule has 0 radical (unpaired) electrons. The number of nitrogens with one attached hydrogen (secondary N) is 3. The number of aliphatic imine (C=N–C) groups is 1. The van der Waals surface area contributed by atoms with E-state index in [2.05, 4.69) is 20.9 Å². The Labute approximate surface area is 182 Å². The molecule has 0 fully saturated rings. The van der Waals surface area contributed by atoms with E-state index >= 15 is 0 Å². The molecule has 0 bridgehead atoms. The maximum Gasteiger partial charge on any atom is 0.257 e. The highest BCUT2D eigenvalue weighted by atomic mass is 16.5.